The predicted octanol–water partition coefficient (Wildman–Crippen LogP) is 3.08. The number of anilines is 1. The lowest BCUT2D eigenvalue weighted by molar-refractivity contribution is -0.119. The second-order valence-electron chi connectivity index (χ2n) is 5.65. The predicted molar refractivity (Wildman–Crippen MR) is 81.0 cm³/mol. The van der Waals surface area contributed by atoms with E-state index in [1.807, 2.05) is 36.9 Å². The van der Waals surface area contributed by atoms with E-state index in [1.165, 1.54) is 5.56 Å². The van der Waals surface area contributed by atoms with Gasteiger partial charge in [0.1, 0.15) is 6.54 Å². The highest BCUT2D eigenvalue weighted by atomic mass is 16.2. The second kappa shape index (κ2) is 4.82. The largest absolute Gasteiger partial charge is 0.340 e. The molecule has 0 N–H and O–H groups in total. The van der Waals surface area contributed by atoms with Gasteiger partial charge < -0.3 is 9.47 Å². The molecule has 0 saturated heterocycles. The Balaban J connectivity index is 1.88. The van der Waals surface area contributed by atoms with Crippen molar-refractivity contribution in [1.29, 1.82) is 0 Å². The highest BCUT2D eigenvalue weighted by Crippen LogP contribution is 2.32. The van der Waals surface area contributed by atoms with Crippen LogP contribution in [-0.2, 0) is 17.8 Å². The molecule has 2 heterocycles. The molecule has 0 spiro atoms. The Labute approximate surface area is 119 Å². The molecule has 3 heteroatoms. The molecule has 20 heavy (non-hydrogen) atoms. The van der Waals surface area contributed by atoms with Gasteiger partial charge in [0.25, 0.3) is 0 Å². The summed E-state index contributed by atoms with van der Waals surface area (Å²) in [6.45, 7) is 6.62. The average molecular weight is 268 g/mol. The smallest absolute Gasteiger partial charge is 0.247 e. The fraction of sp³-hybridized carbons (Fsp3) is 0.353. The van der Waals surface area contributed by atoms with E-state index in [0.29, 0.717) is 6.54 Å². The molecule has 1 amide bonds. The zero-order valence-corrected chi connectivity index (χ0v) is 12.3. The topological polar surface area (TPSA) is 25.2 Å². The number of para-hydroxylation sites is 1. The van der Waals surface area contributed by atoms with Crippen molar-refractivity contribution in [2.75, 3.05) is 4.90 Å². The zero-order chi connectivity index (χ0) is 14.3. The highest BCUT2D eigenvalue weighted by Gasteiger charge is 2.30. The molecule has 1 unspecified atom stereocenters. The Morgan fingerprint density at radius 3 is 2.50 bits per heavy atom. The molecule has 104 valence electrons. The average Bonchev–Trinajstić information content (AvgIpc) is 2.91. The Bertz CT molecular complexity index is 637. The van der Waals surface area contributed by atoms with Crippen molar-refractivity contribution in [3.63, 3.8) is 0 Å². The van der Waals surface area contributed by atoms with E-state index in [2.05, 4.69) is 29.7 Å². The van der Waals surface area contributed by atoms with Crippen LogP contribution in [-0.4, -0.2) is 16.5 Å². The molecule has 0 fully saturated rings. The van der Waals surface area contributed by atoms with Gasteiger partial charge in [-0.25, -0.2) is 0 Å². The minimum absolute atomic E-state index is 0.171. The molecule has 0 bridgehead atoms. The zero-order valence-electron chi connectivity index (χ0n) is 12.3. The number of carbonyl (C=O) groups excluding carboxylic acids is 1. The van der Waals surface area contributed by atoms with Crippen LogP contribution >= 0.6 is 0 Å². The monoisotopic (exact) mass is 268 g/mol. The quantitative estimate of drug-likeness (QED) is 0.821. The number of aryl methyl sites for hydroxylation is 2. The SMILES string of the molecule is Cc1ccc(C)n1CC(=O)N1c2ccccc2CC1C. The number of benzene rings is 1. The van der Waals surface area contributed by atoms with Gasteiger partial charge in [0.05, 0.1) is 0 Å². The maximum absolute atomic E-state index is 12.7. The van der Waals surface area contributed by atoms with Gasteiger partial charge in [-0.15, -0.1) is 0 Å². The summed E-state index contributed by atoms with van der Waals surface area (Å²) in [5.74, 6) is 0.171. The minimum Gasteiger partial charge on any atom is -0.340 e. The van der Waals surface area contributed by atoms with Gasteiger partial charge in [-0.1, -0.05) is 18.2 Å². The van der Waals surface area contributed by atoms with Gasteiger partial charge in [0.15, 0.2) is 0 Å². The highest BCUT2D eigenvalue weighted by molar-refractivity contribution is 5.96. The van der Waals surface area contributed by atoms with Crippen molar-refractivity contribution in [3.05, 3.63) is 53.3 Å². The van der Waals surface area contributed by atoms with Crippen LogP contribution in [0.5, 0.6) is 0 Å². The van der Waals surface area contributed by atoms with Crippen molar-refractivity contribution in [2.24, 2.45) is 0 Å². The summed E-state index contributed by atoms with van der Waals surface area (Å²) in [6, 6.07) is 12.6. The minimum atomic E-state index is 0.171. The summed E-state index contributed by atoms with van der Waals surface area (Å²) in [7, 11) is 0. The van der Waals surface area contributed by atoms with Gasteiger partial charge in [-0.2, -0.15) is 0 Å². The molecule has 0 aliphatic carbocycles. The standard InChI is InChI=1S/C17H20N2O/c1-12-8-9-13(2)18(12)11-17(20)19-14(3)10-15-6-4-5-7-16(15)19/h4-9,14H,10-11H2,1-3H3. The van der Waals surface area contributed by atoms with Crippen molar-refractivity contribution in [1.82, 2.24) is 4.57 Å². The molecule has 1 aromatic carbocycles. The molecule has 3 nitrogen and oxygen atoms in total. The number of fused-ring (bicyclic) bond motifs is 1. The fourth-order valence-electron chi connectivity index (χ4n) is 3.11. The number of amides is 1. The number of rotatable bonds is 2. The Morgan fingerprint density at radius 1 is 1.15 bits per heavy atom. The maximum atomic E-state index is 12.7. The van der Waals surface area contributed by atoms with Crippen molar-refractivity contribution in [2.45, 2.75) is 39.8 Å². The van der Waals surface area contributed by atoms with E-state index in [0.717, 1.165) is 23.5 Å². The van der Waals surface area contributed by atoms with E-state index in [4.69, 9.17) is 0 Å². The lowest BCUT2D eigenvalue weighted by Gasteiger charge is -2.23. The lowest BCUT2D eigenvalue weighted by Crippen LogP contribution is -2.38. The van der Waals surface area contributed by atoms with Crippen molar-refractivity contribution in [3.8, 4) is 0 Å². The fourth-order valence-corrected chi connectivity index (χ4v) is 3.11. The van der Waals surface area contributed by atoms with Gasteiger partial charge in [0, 0.05) is 23.1 Å². The number of hydrogen-bond acceptors (Lipinski definition) is 1. The maximum Gasteiger partial charge on any atom is 0.247 e. The number of carbonyl (C=O) groups is 1. The summed E-state index contributed by atoms with van der Waals surface area (Å²) in [5.41, 5.74) is 4.62. The molecule has 1 atom stereocenters. The second-order valence-corrected chi connectivity index (χ2v) is 5.65. The van der Waals surface area contributed by atoms with Crippen LogP contribution in [0.2, 0.25) is 0 Å². The number of aromatic nitrogens is 1. The van der Waals surface area contributed by atoms with Gasteiger partial charge >= 0.3 is 0 Å². The molecule has 0 saturated carbocycles. The normalized spacial score (nSPS) is 17.4. The number of nitrogens with zero attached hydrogens (tertiary/aromatic N) is 2. The van der Waals surface area contributed by atoms with Crippen LogP contribution in [0.15, 0.2) is 36.4 Å². The first-order valence-electron chi connectivity index (χ1n) is 7.10. The van der Waals surface area contributed by atoms with Crippen LogP contribution in [0.25, 0.3) is 0 Å². The first kappa shape index (κ1) is 13.0. The third kappa shape index (κ3) is 2.03. The number of hydrogen-bond donors (Lipinski definition) is 0. The first-order valence-corrected chi connectivity index (χ1v) is 7.10. The molecule has 1 aliphatic heterocycles. The van der Waals surface area contributed by atoms with Crippen LogP contribution in [0.3, 0.4) is 0 Å². The van der Waals surface area contributed by atoms with Crippen LogP contribution in [0, 0.1) is 13.8 Å². The third-order valence-corrected chi connectivity index (χ3v) is 4.19. The van der Waals surface area contributed by atoms with E-state index in [-0.39, 0.29) is 11.9 Å². The van der Waals surface area contributed by atoms with Gasteiger partial charge in [0.2, 0.25) is 5.91 Å². The van der Waals surface area contributed by atoms with E-state index >= 15 is 0 Å². The summed E-state index contributed by atoms with van der Waals surface area (Å²) in [6.07, 6.45) is 0.950. The van der Waals surface area contributed by atoms with E-state index in [9.17, 15) is 4.79 Å². The van der Waals surface area contributed by atoms with Gasteiger partial charge in [-0.3, -0.25) is 4.79 Å². The first-order chi connectivity index (χ1) is 9.58. The van der Waals surface area contributed by atoms with Crippen molar-refractivity contribution < 1.29 is 4.79 Å². The Hall–Kier alpha value is -2.03. The molecule has 2 aromatic rings. The summed E-state index contributed by atoms with van der Waals surface area (Å²) < 4.78 is 2.08. The molecular formula is C17H20N2O. The van der Waals surface area contributed by atoms with Crippen LogP contribution in [0.1, 0.15) is 23.9 Å². The van der Waals surface area contributed by atoms with Gasteiger partial charge in [-0.05, 0) is 51.0 Å². The molecule has 1 aromatic heterocycles. The van der Waals surface area contributed by atoms with E-state index < -0.39 is 0 Å². The Kier molecular flexibility index (Phi) is 3.13. The molecular weight excluding hydrogens is 248 g/mol. The molecule has 1 aliphatic rings. The lowest BCUT2D eigenvalue weighted by atomic mass is 10.1. The molecule has 0 radical (unpaired) electrons. The van der Waals surface area contributed by atoms with E-state index in [1.54, 1.807) is 0 Å². The van der Waals surface area contributed by atoms with Crippen LogP contribution in [0.4, 0.5) is 5.69 Å². The molecule has 3 rings (SSSR count). The summed E-state index contributed by atoms with van der Waals surface area (Å²) >= 11 is 0. The summed E-state index contributed by atoms with van der Waals surface area (Å²) in [5, 5.41) is 0. The van der Waals surface area contributed by atoms with Crippen molar-refractivity contribution >= 4 is 11.6 Å². The Morgan fingerprint density at radius 2 is 1.80 bits per heavy atom. The van der Waals surface area contributed by atoms with Crippen LogP contribution < -0.4 is 4.90 Å². The summed E-state index contributed by atoms with van der Waals surface area (Å²) in [4.78, 5) is 14.6. The third-order valence-electron chi connectivity index (χ3n) is 4.19.